The number of pyridine rings is 1. The van der Waals surface area contributed by atoms with Gasteiger partial charge in [0.15, 0.2) is 0 Å². The van der Waals surface area contributed by atoms with Crippen LogP contribution in [-0.4, -0.2) is 61.0 Å². The number of rotatable bonds is 8. The molecule has 2 aromatic rings. The van der Waals surface area contributed by atoms with Crippen LogP contribution in [-0.2, 0) is 0 Å². The van der Waals surface area contributed by atoms with Gasteiger partial charge in [-0.2, -0.15) is 0 Å². The van der Waals surface area contributed by atoms with E-state index in [4.69, 9.17) is 0 Å². The van der Waals surface area contributed by atoms with E-state index in [-0.39, 0.29) is 11.8 Å². The number of hydrogen-bond acceptors (Lipinski definition) is 5. The molecule has 0 radical (unpaired) electrons. The molecule has 3 rings (SSSR count). The van der Waals surface area contributed by atoms with Gasteiger partial charge in [0.2, 0.25) is 0 Å². The molecule has 1 fully saturated rings. The fourth-order valence-corrected chi connectivity index (χ4v) is 3.91. The fourth-order valence-electron chi connectivity index (χ4n) is 3.91. The number of nitrogens with zero attached hydrogens (tertiary/aromatic N) is 3. The van der Waals surface area contributed by atoms with E-state index in [0.717, 1.165) is 26.2 Å². The fraction of sp³-hybridized carbons (Fsp3) is 0.480. The highest BCUT2D eigenvalue weighted by Gasteiger charge is 2.26. The average Bonchev–Trinajstić information content (AvgIpc) is 2.78. The Morgan fingerprint density at radius 2 is 1.70 bits per heavy atom. The summed E-state index contributed by atoms with van der Waals surface area (Å²) in [5, 5.41) is 6.12. The number of piperazine rings is 1. The number of halogens is 1. The maximum atomic E-state index is 13.7. The number of carbonyl (C=O) groups excluding carboxylic acids is 2. The largest absolute Gasteiger partial charge is 0.353 e. The summed E-state index contributed by atoms with van der Waals surface area (Å²) in [7, 11) is 0. The van der Waals surface area contributed by atoms with Crippen molar-refractivity contribution in [3.05, 3.63) is 53.5 Å². The standard InChI is InChI=1S/C25H34FN5O2/c1-17(2)15-31(16-18(3)4)25(33)22-13-21(14-28-23(22)30-11-9-27-10-12-30)29-24(32)19-5-7-20(26)8-6-19/h5-8,13-14,17-18,27H,9-12,15-16H2,1-4H3,(H,29,32). The molecule has 2 heterocycles. The van der Waals surface area contributed by atoms with Crippen molar-refractivity contribution < 1.29 is 14.0 Å². The third kappa shape index (κ3) is 6.74. The monoisotopic (exact) mass is 455 g/mol. The lowest BCUT2D eigenvalue weighted by Crippen LogP contribution is -2.45. The van der Waals surface area contributed by atoms with Crippen LogP contribution in [0.4, 0.5) is 15.9 Å². The van der Waals surface area contributed by atoms with Gasteiger partial charge in [-0.25, -0.2) is 9.37 Å². The van der Waals surface area contributed by atoms with Crippen LogP contribution >= 0.6 is 0 Å². The summed E-state index contributed by atoms with van der Waals surface area (Å²) in [4.78, 5) is 34.9. The van der Waals surface area contributed by atoms with Crippen LogP contribution < -0.4 is 15.5 Å². The smallest absolute Gasteiger partial charge is 0.257 e. The molecule has 0 bridgehead atoms. The van der Waals surface area contributed by atoms with E-state index < -0.39 is 5.82 Å². The minimum atomic E-state index is -0.406. The molecule has 1 aromatic carbocycles. The Balaban J connectivity index is 1.93. The highest BCUT2D eigenvalue weighted by Crippen LogP contribution is 2.25. The molecule has 1 aromatic heterocycles. The third-order valence-corrected chi connectivity index (χ3v) is 5.34. The van der Waals surface area contributed by atoms with Crippen LogP contribution in [0.25, 0.3) is 0 Å². The Bertz CT molecular complexity index is 946. The molecule has 8 heteroatoms. The van der Waals surface area contributed by atoms with Crippen molar-refractivity contribution in [2.24, 2.45) is 11.8 Å². The van der Waals surface area contributed by atoms with Crippen LogP contribution in [0.2, 0.25) is 0 Å². The zero-order chi connectivity index (χ0) is 24.0. The van der Waals surface area contributed by atoms with Gasteiger partial charge in [-0.15, -0.1) is 0 Å². The number of amides is 2. The van der Waals surface area contributed by atoms with E-state index in [9.17, 15) is 14.0 Å². The first-order chi connectivity index (χ1) is 15.7. The Hall–Kier alpha value is -3.00. The lowest BCUT2D eigenvalue weighted by atomic mass is 10.1. The highest BCUT2D eigenvalue weighted by molar-refractivity contribution is 6.05. The second kappa shape index (κ2) is 11.2. The molecule has 0 spiro atoms. The summed E-state index contributed by atoms with van der Waals surface area (Å²) < 4.78 is 13.2. The number of nitrogens with one attached hydrogen (secondary N) is 2. The van der Waals surface area contributed by atoms with Gasteiger partial charge in [0, 0.05) is 44.8 Å². The van der Waals surface area contributed by atoms with E-state index >= 15 is 0 Å². The molecule has 2 N–H and O–H groups in total. The highest BCUT2D eigenvalue weighted by atomic mass is 19.1. The molecule has 1 saturated heterocycles. The molecule has 0 unspecified atom stereocenters. The maximum Gasteiger partial charge on any atom is 0.257 e. The van der Waals surface area contributed by atoms with Gasteiger partial charge < -0.3 is 20.4 Å². The number of hydrogen-bond donors (Lipinski definition) is 2. The zero-order valence-corrected chi connectivity index (χ0v) is 19.9. The minimum absolute atomic E-state index is 0.0867. The van der Waals surface area contributed by atoms with E-state index in [1.54, 1.807) is 12.3 Å². The van der Waals surface area contributed by atoms with Gasteiger partial charge in [-0.1, -0.05) is 27.7 Å². The Kier molecular flexibility index (Phi) is 8.38. The molecule has 7 nitrogen and oxygen atoms in total. The van der Waals surface area contributed by atoms with Crippen LogP contribution in [0.1, 0.15) is 48.4 Å². The first kappa shape index (κ1) is 24.6. The van der Waals surface area contributed by atoms with Crippen LogP contribution in [0.5, 0.6) is 0 Å². The van der Waals surface area contributed by atoms with Crippen LogP contribution in [0.3, 0.4) is 0 Å². The summed E-state index contributed by atoms with van der Waals surface area (Å²) in [5.74, 6) is 0.410. The number of anilines is 2. The van der Waals surface area contributed by atoms with Gasteiger partial charge >= 0.3 is 0 Å². The molecule has 1 aliphatic rings. The van der Waals surface area contributed by atoms with Crippen molar-refractivity contribution in [2.45, 2.75) is 27.7 Å². The summed E-state index contributed by atoms with van der Waals surface area (Å²) in [6.45, 7) is 12.8. The first-order valence-electron chi connectivity index (χ1n) is 11.6. The molecule has 178 valence electrons. The average molecular weight is 456 g/mol. The number of aromatic nitrogens is 1. The summed E-state index contributed by atoms with van der Waals surface area (Å²) in [5.41, 5.74) is 1.24. The van der Waals surface area contributed by atoms with E-state index in [1.807, 2.05) is 4.90 Å². The van der Waals surface area contributed by atoms with Crippen molar-refractivity contribution in [1.82, 2.24) is 15.2 Å². The van der Waals surface area contributed by atoms with Crippen molar-refractivity contribution in [1.29, 1.82) is 0 Å². The SMILES string of the molecule is CC(C)CN(CC(C)C)C(=O)c1cc(NC(=O)c2ccc(F)cc2)cnc1N1CCNCC1. The minimum Gasteiger partial charge on any atom is -0.353 e. The Labute approximate surface area is 195 Å². The predicted molar refractivity (Wildman–Crippen MR) is 129 cm³/mol. The van der Waals surface area contributed by atoms with Gasteiger partial charge in [-0.05, 0) is 42.2 Å². The molecule has 2 amide bonds. The van der Waals surface area contributed by atoms with Crippen LogP contribution in [0.15, 0.2) is 36.5 Å². The second-order valence-electron chi connectivity index (χ2n) is 9.29. The van der Waals surface area contributed by atoms with Crippen LogP contribution in [0, 0.1) is 17.7 Å². The molecule has 0 saturated carbocycles. The molecule has 0 aliphatic carbocycles. The Morgan fingerprint density at radius 3 is 2.27 bits per heavy atom. The maximum absolute atomic E-state index is 13.7. The normalized spacial score (nSPS) is 14.0. The van der Waals surface area contributed by atoms with E-state index in [1.165, 1.54) is 24.3 Å². The zero-order valence-electron chi connectivity index (χ0n) is 19.9. The van der Waals surface area contributed by atoms with Crippen molar-refractivity contribution in [3.8, 4) is 0 Å². The third-order valence-electron chi connectivity index (χ3n) is 5.34. The summed E-state index contributed by atoms with van der Waals surface area (Å²) in [6, 6.07) is 7.04. The summed E-state index contributed by atoms with van der Waals surface area (Å²) in [6.07, 6.45) is 1.57. The second-order valence-corrected chi connectivity index (χ2v) is 9.29. The van der Waals surface area contributed by atoms with Gasteiger partial charge in [0.1, 0.15) is 11.6 Å². The lowest BCUT2D eigenvalue weighted by molar-refractivity contribution is 0.0715. The first-order valence-corrected chi connectivity index (χ1v) is 11.6. The summed E-state index contributed by atoms with van der Waals surface area (Å²) >= 11 is 0. The van der Waals surface area contributed by atoms with Gasteiger partial charge in [0.05, 0.1) is 17.4 Å². The van der Waals surface area contributed by atoms with Crippen molar-refractivity contribution >= 4 is 23.3 Å². The Morgan fingerprint density at radius 1 is 1.09 bits per heavy atom. The van der Waals surface area contributed by atoms with Crippen molar-refractivity contribution in [2.75, 3.05) is 49.5 Å². The predicted octanol–water partition coefficient (Wildman–Crippen LogP) is 3.64. The number of benzene rings is 1. The van der Waals surface area contributed by atoms with Gasteiger partial charge in [0.25, 0.3) is 11.8 Å². The van der Waals surface area contributed by atoms with E-state index in [0.29, 0.717) is 47.6 Å². The molecule has 1 aliphatic heterocycles. The lowest BCUT2D eigenvalue weighted by Gasteiger charge is -2.32. The van der Waals surface area contributed by atoms with Gasteiger partial charge in [-0.3, -0.25) is 9.59 Å². The quantitative estimate of drug-likeness (QED) is 0.636. The topological polar surface area (TPSA) is 77.6 Å². The molecular formula is C25H34FN5O2. The van der Waals surface area contributed by atoms with Crippen molar-refractivity contribution in [3.63, 3.8) is 0 Å². The van der Waals surface area contributed by atoms with E-state index in [2.05, 4.69) is 48.2 Å². The molecule has 33 heavy (non-hydrogen) atoms. The molecular weight excluding hydrogens is 421 g/mol. The molecule has 0 atom stereocenters. The number of carbonyl (C=O) groups is 2.